The molecule has 314 valence electrons. The van der Waals surface area contributed by atoms with E-state index in [0.717, 1.165) is 172 Å². The van der Waals surface area contributed by atoms with Gasteiger partial charge in [-0.25, -0.2) is 0 Å². The second-order valence-electron chi connectivity index (χ2n) is 15.6. The number of hydrogen-bond donors (Lipinski definition) is 0. The fourth-order valence-corrected chi connectivity index (χ4v) is 11.4. The van der Waals surface area contributed by atoms with Crippen molar-refractivity contribution < 1.29 is 27.2 Å². The third kappa shape index (κ3) is 10.7. The van der Waals surface area contributed by atoms with Crippen LogP contribution in [0.1, 0.15) is 131 Å². The SMILES string of the molecule is CCCCCOC1=Nc2c(ccc3c4c(-c5cccc(F)c5)cc(OCCCCC)cc4c4cc(OCCCCC)c(OCCCCC)cc4c23)[SeH]1OCCCCC. The van der Waals surface area contributed by atoms with Crippen molar-refractivity contribution in [2.24, 2.45) is 4.99 Å². The van der Waals surface area contributed by atoms with E-state index >= 15 is 4.39 Å². The molecule has 1 aliphatic rings. The van der Waals surface area contributed by atoms with Gasteiger partial charge >= 0.3 is 332 Å². The molecule has 0 saturated carbocycles. The molecule has 0 bridgehead atoms. The number of hydrogen-bond acceptors (Lipinski definition) is 6. The van der Waals surface area contributed by atoms with Crippen LogP contribution >= 0.6 is 0 Å². The number of halogens is 1. The monoisotopic (exact) mass is 859 g/mol. The van der Waals surface area contributed by atoms with Gasteiger partial charge in [-0.3, -0.25) is 0 Å². The fraction of sp³-hybridized carbons (Fsp3) is 0.500. The minimum absolute atomic E-state index is 0.276. The molecule has 1 unspecified atom stereocenters. The molecular formula is C50H66FNO5Se. The van der Waals surface area contributed by atoms with E-state index in [0.29, 0.717) is 33.0 Å². The second-order valence-corrected chi connectivity index (χ2v) is 19.1. The van der Waals surface area contributed by atoms with E-state index in [1.165, 1.54) is 6.07 Å². The minimum atomic E-state index is -2.30. The Labute approximate surface area is 351 Å². The Morgan fingerprint density at radius 3 is 1.71 bits per heavy atom. The number of ether oxygens (including phenoxy) is 4. The van der Waals surface area contributed by atoms with Crippen molar-refractivity contribution in [2.75, 3.05) is 33.0 Å². The van der Waals surface area contributed by atoms with Crippen LogP contribution in [0, 0.1) is 5.82 Å². The van der Waals surface area contributed by atoms with E-state index in [2.05, 4.69) is 71.0 Å². The molecule has 0 radical (unpaired) electrons. The van der Waals surface area contributed by atoms with Gasteiger partial charge in [0.15, 0.2) is 0 Å². The van der Waals surface area contributed by atoms with Gasteiger partial charge in [0.05, 0.1) is 0 Å². The summed E-state index contributed by atoms with van der Waals surface area (Å²) >= 11 is -2.30. The Morgan fingerprint density at radius 1 is 0.517 bits per heavy atom. The standard InChI is InChI=1S/C50H66FNO5Se/c1-6-11-16-26-53-38-32-40(36-22-21-23-37(51)31-36)47-39-24-25-46-49(52-50(56-29-19-14-9-4)58(46)57-30-20-15-10-5)48(39)43-35-45(55-28-18-13-8-3)44(54-27-17-12-7-2)34-41(43)42(47)33-38/h21-25,31-35,58H,6-20,26-30H2,1-5H3. The van der Waals surface area contributed by atoms with Crippen molar-refractivity contribution >= 4 is 61.5 Å². The first-order valence-electron chi connectivity index (χ1n) is 22.4. The predicted molar refractivity (Wildman–Crippen MR) is 244 cm³/mol. The average Bonchev–Trinajstić information content (AvgIpc) is 3.59. The van der Waals surface area contributed by atoms with Crippen molar-refractivity contribution in [3.05, 3.63) is 66.5 Å². The summed E-state index contributed by atoms with van der Waals surface area (Å²) < 4.78 is 49.3. The molecule has 1 heterocycles. The van der Waals surface area contributed by atoms with Gasteiger partial charge in [-0.05, 0) is 0 Å². The van der Waals surface area contributed by atoms with Gasteiger partial charge in [0.1, 0.15) is 0 Å². The molecular weight excluding hydrogens is 793 g/mol. The van der Waals surface area contributed by atoms with Gasteiger partial charge in [0, 0.05) is 0 Å². The summed E-state index contributed by atoms with van der Waals surface area (Å²) in [4.78, 5) is 6.16. The van der Waals surface area contributed by atoms with Gasteiger partial charge in [-0.15, -0.1) is 0 Å². The number of fused-ring (bicyclic) bond motifs is 8. The van der Waals surface area contributed by atoms with Gasteiger partial charge < -0.3 is 0 Å². The fourth-order valence-electron chi connectivity index (χ4n) is 7.73. The molecule has 6 nitrogen and oxygen atoms in total. The van der Waals surface area contributed by atoms with Gasteiger partial charge in [0.25, 0.3) is 0 Å². The maximum atomic E-state index is 15.1. The number of nitrogens with zero attached hydrogens (tertiary/aromatic N) is 1. The molecule has 6 rings (SSSR count). The normalized spacial score (nSPS) is 14.3. The summed E-state index contributed by atoms with van der Waals surface area (Å²) in [5.74, 6) is 1.98. The van der Waals surface area contributed by atoms with E-state index < -0.39 is 14.2 Å². The molecule has 5 aromatic carbocycles. The molecule has 0 spiro atoms. The molecule has 58 heavy (non-hydrogen) atoms. The molecule has 0 aromatic heterocycles. The van der Waals surface area contributed by atoms with Gasteiger partial charge in [-0.2, -0.15) is 0 Å². The van der Waals surface area contributed by atoms with E-state index in [-0.39, 0.29) is 5.82 Å². The summed E-state index contributed by atoms with van der Waals surface area (Å²) in [6, 6.07) is 20.0. The van der Waals surface area contributed by atoms with Crippen molar-refractivity contribution in [1.29, 1.82) is 0 Å². The van der Waals surface area contributed by atoms with Gasteiger partial charge in [0.2, 0.25) is 0 Å². The Bertz CT molecular complexity index is 2130. The number of benzene rings is 5. The van der Waals surface area contributed by atoms with Crippen molar-refractivity contribution in [3.8, 4) is 28.4 Å². The zero-order valence-corrected chi connectivity index (χ0v) is 37.6. The molecule has 8 heteroatoms. The molecule has 0 saturated heterocycles. The molecule has 0 amide bonds. The van der Waals surface area contributed by atoms with Crippen LogP contribution in [0.2, 0.25) is 0 Å². The van der Waals surface area contributed by atoms with Gasteiger partial charge in [-0.1, -0.05) is 20.3 Å². The van der Waals surface area contributed by atoms with Crippen molar-refractivity contribution in [1.82, 2.24) is 0 Å². The van der Waals surface area contributed by atoms with E-state index in [1.807, 2.05) is 6.07 Å². The summed E-state index contributed by atoms with van der Waals surface area (Å²) in [7, 11) is 0. The summed E-state index contributed by atoms with van der Waals surface area (Å²) in [5.41, 5.74) is 2.64. The van der Waals surface area contributed by atoms with Crippen LogP contribution in [-0.4, -0.2) is 52.1 Å². The Kier molecular flexibility index (Phi) is 17.0. The van der Waals surface area contributed by atoms with Crippen LogP contribution < -0.4 is 18.7 Å². The first-order chi connectivity index (χ1) is 28.5. The summed E-state index contributed by atoms with van der Waals surface area (Å²) in [6.07, 6.45) is 16.1. The van der Waals surface area contributed by atoms with E-state index in [1.54, 1.807) is 12.1 Å². The summed E-state index contributed by atoms with van der Waals surface area (Å²) in [5, 5.41) is 6.19. The zero-order valence-electron chi connectivity index (χ0n) is 35.7. The maximum absolute atomic E-state index is 15.1. The zero-order chi connectivity index (χ0) is 40.7. The molecule has 0 aliphatic carbocycles. The molecule has 1 atom stereocenters. The number of rotatable bonds is 25. The number of aliphatic imine (C=N–C) groups is 1. The first-order valence-corrected chi connectivity index (χ1v) is 25.0. The molecule has 0 N–H and O–H groups in total. The third-order valence-electron chi connectivity index (χ3n) is 10.9. The number of unbranched alkanes of at least 4 members (excludes halogenated alkanes) is 10. The van der Waals surface area contributed by atoms with Crippen LogP contribution in [0.25, 0.3) is 43.4 Å². The predicted octanol–water partition coefficient (Wildman–Crippen LogP) is 13.6. The Morgan fingerprint density at radius 2 is 1.09 bits per heavy atom. The summed E-state index contributed by atoms with van der Waals surface area (Å²) in [6.45, 7) is 14.2. The second kappa shape index (κ2) is 22.5. The van der Waals surface area contributed by atoms with Crippen LogP contribution in [0.5, 0.6) is 17.2 Å². The Hall–Kier alpha value is -3.84. The van der Waals surface area contributed by atoms with Crippen LogP contribution in [-0.2, 0) is 8.56 Å². The molecule has 5 aromatic rings. The Balaban J connectivity index is 1.66. The third-order valence-corrected chi connectivity index (χ3v) is 14.7. The van der Waals surface area contributed by atoms with E-state index in [9.17, 15) is 0 Å². The van der Waals surface area contributed by atoms with E-state index in [4.69, 9.17) is 27.8 Å². The average molecular weight is 859 g/mol. The quantitative estimate of drug-likeness (QED) is 0.0332. The molecule has 1 aliphatic heterocycles. The van der Waals surface area contributed by atoms with Crippen molar-refractivity contribution in [2.45, 2.75) is 131 Å². The van der Waals surface area contributed by atoms with Crippen molar-refractivity contribution in [3.63, 3.8) is 0 Å². The van der Waals surface area contributed by atoms with Crippen LogP contribution in [0.4, 0.5) is 10.1 Å². The topological polar surface area (TPSA) is 58.5 Å². The first kappa shape index (κ1) is 43.7. The molecule has 0 fully saturated rings. The van der Waals surface area contributed by atoms with Crippen LogP contribution in [0.3, 0.4) is 0 Å². The van der Waals surface area contributed by atoms with Crippen LogP contribution in [0.15, 0.2) is 65.7 Å².